The highest BCUT2D eigenvalue weighted by Crippen LogP contribution is 2.46. The molecule has 1 aliphatic carbocycles. The Hall–Kier alpha value is -4.30. The number of nitrogens with zero attached hydrogens (tertiary/aromatic N) is 3. The highest BCUT2D eigenvalue weighted by Gasteiger charge is 2.45. The Morgan fingerprint density at radius 2 is 1.79 bits per heavy atom. The number of allylic oxidation sites excluding steroid dienone is 11. The molecule has 3 N–H and O–H groups in total. The van der Waals surface area contributed by atoms with Crippen molar-refractivity contribution in [2.24, 2.45) is 26.8 Å². The number of aliphatic imine (C=N–C) groups is 3. The number of carbonyl (C=O) groups is 1. The van der Waals surface area contributed by atoms with Crippen molar-refractivity contribution in [1.82, 2.24) is 5.32 Å². The molecule has 0 saturated carbocycles. The summed E-state index contributed by atoms with van der Waals surface area (Å²) in [6, 6.07) is 0. The fraction of sp³-hybridized carbons (Fsp3) is 0.353. The average Bonchev–Trinajstić information content (AvgIpc) is 3.69. The second-order valence-electron chi connectivity index (χ2n) is 11.4. The summed E-state index contributed by atoms with van der Waals surface area (Å²) in [6.45, 7) is 14.3. The van der Waals surface area contributed by atoms with Crippen LogP contribution in [0.15, 0.2) is 119 Å². The lowest BCUT2D eigenvalue weighted by Gasteiger charge is -2.19. The second-order valence-corrected chi connectivity index (χ2v) is 11.4. The molecule has 0 amide bonds. The van der Waals surface area contributed by atoms with E-state index in [0.717, 1.165) is 68.5 Å². The average molecular weight is 565 g/mol. The van der Waals surface area contributed by atoms with Gasteiger partial charge in [0.15, 0.2) is 0 Å². The van der Waals surface area contributed by atoms with E-state index < -0.39 is 6.10 Å². The maximum atomic E-state index is 12.2. The molecule has 8 nitrogen and oxygen atoms in total. The van der Waals surface area contributed by atoms with Gasteiger partial charge in [0.1, 0.15) is 11.9 Å². The number of fused-ring (bicyclic) bond motifs is 5. The number of hydrogen-bond acceptors (Lipinski definition) is 8. The van der Waals surface area contributed by atoms with Crippen molar-refractivity contribution in [3.63, 3.8) is 0 Å². The number of rotatable bonds is 5. The zero-order chi connectivity index (χ0) is 30.0. The lowest BCUT2D eigenvalue weighted by atomic mass is 9.86. The summed E-state index contributed by atoms with van der Waals surface area (Å²) in [5.41, 5.74) is 12.3. The van der Waals surface area contributed by atoms with Gasteiger partial charge in [-0.1, -0.05) is 26.5 Å². The van der Waals surface area contributed by atoms with Crippen molar-refractivity contribution in [2.45, 2.75) is 60.0 Å². The van der Waals surface area contributed by atoms with Crippen LogP contribution < -0.4 is 5.32 Å². The van der Waals surface area contributed by atoms with Crippen LogP contribution in [0.25, 0.3) is 0 Å². The lowest BCUT2D eigenvalue weighted by molar-refractivity contribution is -0.140. The Labute approximate surface area is 246 Å². The largest absolute Gasteiger partial charge is 0.508 e. The Balaban J connectivity index is 1.62. The van der Waals surface area contributed by atoms with Gasteiger partial charge in [0, 0.05) is 46.4 Å². The highest BCUT2D eigenvalue weighted by molar-refractivity contribution is 6.22. The number of esters is 1. The van der Waals surface area contributed by atoms with Crippen LogP contribution in [0.1, 0.15) is 53.9 Å². The van der Waals surface area contributed by atoms with E-state index in [4.69, 9.17) is 19.7 Å². The molecule has 216 valence electrons. The van der Waals surface area contributed by atoms with Crippen molar-refractivity contribution < 1.29 is 19.7 Å². The summed E-state index contributed by atoms with van der Waals surface area (Å²) >= 11 is 0. The molecular formula is C34H36N4O4. The smallest absolute Gasteiger partial charge is 0.305 e. The van der Waals surface area contributed by atoms with Gasteiger partial charge in [-0.2, -0.15) is 0 Å². The molecule has 0 radical (unpaired) electrons. The van der Waals surface area contributed by atoms with Gasteiger partial charge in [-0.15, -0.1) is 0 Å². The minimum atomic E-state index is -1.23. The molecule has 0 spiro atoms. The van der Waals surface area contributed by atoms with Crippen molar-refractivity contribution in [2.75, 3.05) is 7.11 Å². The molecule has 0 aromatic rings. The van der Waals surface area contributed by atoms with Crippen molar-refractivity contribution in [1.29, 1.82) is 0 Å². The standard InChI is InChI=1S/C34H36N4O4/c1-8-19-15(3)22-12-24-17(5)21(10-11-28(39)42-7)31(37-24)30-32-29(33(40)34(30)41)18(6)25(38-32)14-27-20(9-2)16(4)23(36-27)13-26(19)35-22/h8,12-14,17,21,34,37,40-41H,1,9-11H2,2-7H3/t17-,21-,34-/m0/s1. The van der Waals surface area contributed by atoms with E-state index >= 15 is 0 Å². The monoisotopic (exact) mass is 564 g/mol. The van der Waals surface area contributed by atoms with Crippen LogP contribution in [0.3, 0.4) is 0 Å². The third kappa shape index (κ3) is 4.08. The van der Waals surface area contributed by atoms with Crippen LogP contribution >= 0.6 is 0 Å². The number of aliphatic hydroxyl groups excluding tert-OH is 2. The summed E-state index contributed by atoms with van der Waals surface area (Å²) < 4.78 is 4.94. The van der Waals surface area contributed by atoms with E-state index in [1.165, 1.54) is 7.11 Å². The van der Waals surface area contributed by atoms with E-state index in [2.05, 4.69) is 32.7 Å². The first-order valence-electron chi connectivity index (χ1n) is 14.5. The predicted molar refractivity (Wildman–Crippen MR) is 165 cm³/mol. The zero-order valence-electron chi connectivity index (χ0n) is 24.9. The topological polar surface area (TPSA) is 116 Å². The third-order valence-electron chi connectivity index (χ3n) is 9.28. The normalized spacial score (nSPS) is 26.4. The van der Waals surface area contributed by atoms with E-state index in [1.54, 1.807) is 0 Å². The van der Waals surface area contributed by atoms with Gasteiger partial charge in [0.25, 0.3) is 0 Å². The molecule has 5 aliphatic heterocycles. The third-order valence-corrected chi connectivity index (χ3v) is 9.28. The van der Waals surface area contributed by atoms with E-state index in [0.29, 0.717) is 29.0 Å². The van der Waals surface area contributed by atoms with E-state index in [1.807, 2.05) is 38.2 Å². The summed E-state index contributed by atoms with van der Waals surface area (Å²) in [7, 11) is 1.39. The molecular weight excluding hydrogens is 528 g/mol. The van der Waals surface area contributed by atoms with Crippen LogP contribution in [-0.4, -0.2) is 46.5 Å². The number of ether oxygens (including phenoxy) is 1. The number of hydrogen-bond donors (Lipinski definition) is 3. The quantitative estimate of drug-likeness (QED) is 0.367. The van der Waals surface area contributed by atoms with Crippen LogP contribution in [0.4, 0.5) is 0 Å². The predicted octanol–water partition coefficient (Wildman–Crippen LogP) is 5.77. The van der Waals surface area contributed by atoms with Crippen molar-refractivity contribution in [3.05, 3.63) is 104 Å². The maximum Gasteiger partial charge on any atom is 0.305 e. The Kier molecular flexibility index (Phi) is 6.77. The highest BCUT2D eigenvalue weighted by atomic mass is 16.5. The molecule has 8 bridgehead atoms. The van der Waals surface area contributed by atoms with Gasteiger partial charge in [-0.25, -0.2) is 15.0 Å². The van der Waals surface area contributed by atoms with Crippen molar-refractivity contribution in [3.8, 4) is 0 Å². The van der Waals surface area contributed by atoms with E-state index in [-0.39, 0.29) is 30.0 Å². The van der Waals surface area contributed by atoms with Crippen molar-refractivity contribution >= 4 is 23.1 Å². The van der Waals surface area contributed by atoms with E-state index in [9.17, 15) is 15.0 Å². The molecule has 42 heavy (non-hydrogen) atoms. The van der Waals surface area contributed by atoms with Crippen LogP contribution in [0.2, 0.25) is 0 Å². The molecule has 0 aromatic heterocycles. The van der Waals surface area contributed by atoms with Gasteiger partial charge >= 0.3 is 5.97 Å². The first-order valence-corrected chi connectivity index (χ1v) is 14.5. The van der Waals surface area contributed by atoms with Gasteiger partial charge in [-0.3, -0.25) is 4.79 Å². The maximum absolute atomic E-state index is 12.2. The summed E-state index contributed by atoms with van der Waals surface area (Å²) in [5.74, 6) is -0.581. The minimum absolute atomic E-state index is 0.0303. The fourth-order valence-electron chi connectivity index (χ4n) is 6.78. The summed E-state index contributed by atoms with van der Waals surface area (Å²) in [6.07, 6.45) is 8.17. The van der Waals surface area contributed by atoms with Gasteiger partial charge < -0.3 is 20.3 Å². The van der Waals surface area contributed by atoms with Gasteiger partial charge in [-0.05, 0) is 74.1 Å². The Morgan fingerprint density at radius 1 is 1.07 bits per heavy atom. The number of aliphatic hydroxyl groups is 2. The molecule has 6 aliphatic rings. The fourth-order valence-corrected chi connectivity index (χ4v) is 6.78. The van der Waals surface area contributed by atoms with Crippen LogP contribution in [-0.2, 0) is 9.53 Å². The molecule has 5 heterocycles. The lowest BCUT2D eigenvalue weighted by Crippen LogP contribution is -2.21. The SMILES string of the molecule is C=CC1=C(C)C2=NC1=CC1=NC(=CC3=C(C)C4=C(O)[C@@H](O)C(=C5NC(=C2)[C@@H](C)[C@@H]5CCC(=O)OC)C4=N3)C(CC)=C1C. The van der Waals surface area contributed by atoms with Crippen LogP contribution in [0.5, 0.6) is 0 Å². The zero-order valence-corrected chi connectivity index (χ0v) is 24.9. The van der Waals surface area contributed by atoms with Gasteiger partial charge in [0.05, 0.1) is 41.3 Å². The Morgan fingerprint density at radius 3 is 2.48 bits per heavy atom. The summed E-state index contributed by atoms with van der Waals surface area (Å²) in [5, 5.41) is 26.1. The molecule has 6 rings (SSSR count). The summed E-state index contributed by atoms with van der Waals surface area (Å²) in [4.78, 5) is 27.2. The number of nitrogens with one attached hydrogen (secondary N) is 1. The molecule has 3 atom stereocenters. The number of carbonyl (C=O) groups excluding carboxylic acids is 1. The van der Waals surface area contributed by atoms with Gasteiger partial charge in [0.2, 0.25) is 0 Å². The molecule has 0 unspecified atom stereocenters. The molecule has 8 heteroatoms. The Bertz CT molecular complexity index is 1710. The second kappa shape index (κ2) is 10.2. The number of methoxy groups -OCH3 is 1. The molecule has 1 saturated heterocycles. The first-order chi connectivity index (χ1) is 20.1. The minimum Gasteiger partial charge on any atom is -0.508 e. The first kappa shape index (κ1) is 27.8. The van der Waals surface area contributed by atoms with Crippen LogP contribution in [0, 0.1) is 11.8 Å². The molecule has 0 aromatic carbocycles. The molecule has 1 fully saturated rings.